The van der Waals surface area contributed by atoms with E-state index in [0.717, 1.165) is 31.4 Å². The Morgan fingerprint density at radius 3 is 1.91 bits per heavy atom. The minimum Gasteiger partial charge on any atom is -0.478 e. The van der Waals surface area contributed by atoms with Crippen LogP contribution < -0.4 is 4.74 Å². The van der Waals surface area contributed by atoms with E-state index in [1.807, 2.05) is 0 Å². The SMILES string of the molecule is CCC1CCC(C(F)(F)Cc2ccc(-c3cc(F)c(OCC(F)(F)F)c(F)c3)cc2)CC1. The van der Waals surface area contributed by atoms with E-state index >= 15 is 0 Å². The van der Waals surface area contributed by atoms with Crippen molar-refractivity contribution in [2.45, 2.75) is 57.5 Å². The van der Waals surface area contributed by atoms with Crippen molar-refractivity contribution in [2.75, 3.05) is 6.61 Å². The molecule has 0 aliphatic heterocycles. The molecule has 0 N–H and O–H groups in total. The van der Waals surface area contributed by atoms with Crippen LogP contribution in [0.1, 0.15) is 44.6 Å². The predicted molar refractivity (Wildman–Crippen MR) is 108 cm³/mol. The third kappa shape index (κ3) is 6.17. The van der Waals surface area contributed by atoms with E-state index in [0.29, 0.717) is 29.9 Å². The molecule has 0 heterocycles. The molecule has 0 radical (unpaired) electrons. The number of ether oxygens (including phenoxy) is 1. The van der Waals surface area contributed by atoms with Crippen LogP contribution in [0.2, 0.25) is 0 Å². The van der Waals surface area contributed by atoms with E-state index in [1.165, 1.54) is 24.3 Å². The molecule has 2 aromatic carbocycles. The van der Waals surface area contributed by atoms with E-state index in [4.69, 9.17) is 0 Å². The molecule has 0 amide bonds. The maximum absolute atomic E-state index is 14.8. The van der Waals surface area contributed by atoms with Crippen LogP contribution in [0.15, 0.2) is 36.4 Å². The van der Waals surface area contributed by atoms with Gasteiger partial charge in [-0.1, -0.05) is 37.6 Å². The van der Waals surface area contributed by atoms with Crippen molar-refractivity contribution in [1.82, 2.24) is 0 Å². The minimum absolute atomic E-state index is 0.0653. The molecular formula is C24H25F7O. The molecule has 0 spiro atoms. The largest absolute Gasteiger partial charge is 0.478 e. The second kappa shape index (κ2) is 9.71. The zero-order valence-electron chi connectivity index (χ0n) is 17.6. The van der Waals surface area contributed by atoms with E-state index in [-0.39, 0.29) is 5.56 Å². The summed E-state index contributed by atoms with van der Waals surface area (Å²) < 4.78 is 98.6. The van der Waals surface area contributed by atoms with Gasteiger partial charge in [-0.2, -0.15) is 13.2 Å². The van der Waals surface area contributed by atoms with Gasteiger partial charge in [0.1, 0.15) is 0 Å². The number of hydrogen-bond donors (Lipinski definition) is 0. The lowest BCUT2D eigenvalue weighted by Crippen LogP contribution is -2.33. The molecule has 1 aliphatic rings. The van der Waals surface area contributed by atoms with Crippen LogP contribution in [0.4, 0.5) is 30.7 Å². The van der Waals surface area contributed by atoms with Gasteiger partial charge in [-0.15, -0.1) is 0 Å². The van der Waals surface area contributed by atoms with Crippen molar-refractivity contribution in [1.29, 1.82) is 0 Å². The lowest BCUT2D eigenvalue weighted by Gasteiger charge is -2.33. The van der Waals surface area contributed by atoms with E-state index in [9.17, 15) is 30.7 Å². The van der Waals surface area contributed by atoms with Gasteiger partial charge in [-0.25, -0.2) is 17.6 Å². The van der Waals surface area contributed by atoms with Gasteiger partial charge in [0, 0.05) is 12.3 Å². The lowest BCUT2D eigenvalue weighted by atomic mass is 9.77. The molecule has 0 bridgehead atoms. The Morgan fingerprint density at radius 1 is 0.844 bits per heavy atom. The molecule has 0 unspecified atom stereocenters. The Bertz CT molecular complexity index is 875. The summed E-state index contributed by atoms with van der Waals surface area (Å²) in [6.07, 6.45) is -1.50. The van der Waals surface area contributed by atoms with Gasteiger partial charge >= 0.3 is 6.18 Å². The highest BCUT2D eigenvalue weighted by Gasteiger charge is 2.41. The molecule has 2 aromatic rings. The molecule has 0 saturated heterocycles. The Morgan fingerprint density at radius 2 is 1.41 bits per heavy atom. The Kier molecular flexibility index (Phi) is 7.40. The summed E-state index contributed by atoms with van der Waals surface area (Å²) in [6.45, 7) is 0.259. The fraction of sp³-hybridized carbons (Fsp3) is 0.500. The van der Waals surface area contributed by atoms with Crippen molar-refractivity contribution >= 4 is 0 Å². The van der Waals surface area contributed by atoms with Gasteiger partial charge in [-0.05, 0) is 60.4 Å². The first-order valence-corrected chi connectivity index (χ1v) is 10.6. The second-order valence-corrected chi connectivity index (χ2v) is 8.43. The van der Waals surface area contributed by atoms with E-state index < -0.39 is 48.4 Å². The maximum Gasteiger partial charge on any atom is 0.422 e. The maximum atomic E-state index is 14.8. The summed E-state index contributed by atoms with van der Waals surface area (Å²) in [5, 5.41) is 0. The highest BCUT2D eigenvalue weighted by atomic mass is 19.4. The summed E-state index contributed by atoms with van der Waals surface area (Å²) in [4.78, 5) is 0. The molecule has 8 heteroatoms. The van der Waals surface area contributed by atoms with Crippen LogP contribution in [0, 0.1) is 23.5 Å². The molecule has 0 aromatic heterocycles. The molecule has 32 heavy (non-hydrogen) atoms. The van der Waals surface area contributed by atoms with Gasteiger partial charge in [0.15, 0.2) is 24.0 Å². The topological polar surface area (TPSA) is 9.23 Å². The van der Waals surface area contributed by atoms with Crippen molar-refractivity contribution in [3.63, 3.8) is 0 Å². The fourth-order valence-electron chi connectivity index (χ4n) is 4.24. The molecular weight excluding hydrogens is 437 g/mol. The fourth-order valence-corrected chi connectivity index (χ4v) is 4.24. The van der Waals surface area contributed by atoms with Crippen molar-refractivity contribution in [3.05, 3.63) is 53.6 Å². The van der Waals surface area contributed by atoms with Crippen molar-refractivity contribution in [3.8, 4) is 16.9 Å². The second-order valence-electron chi connectivity index (χ2n) is 8.43. The summed E-state index contributed by atoms with van der Waals surface area (Å²) in [7, 11) is 0. The van der Waals surface area contributed by atoms with Crippen LogP contribution in [0.3, 0.4) is 0 Å². The van der Waals surface area contributed by atoms with Crippen molar-refractivity contribution in [2.24, 2.45) is 11.8 Å². The van der Waals surface area contributed by atoms with Crippen LogP contribution in [-0.2, 0) is 6.42 Å². The number of benzene rings is 2. The van der Waals surface area contributed by atoms with Crippen LogP contribution >= 0.6 is 0 Å². The summed E-state index contributed by atoms with van der Waals surface area (Å²) in [5.74, 6) is -6.63. The highest BCUT2D eigenvalue weighted by Crippen LogP contribution is 2.41. The first-order valence-electron chi connectivity index (χ1n) is 10.6. The van der Waals surface area contributed by atoms with E-state index in [2.05, 4.69) is 11.7 Å². The Labute approximate surface area is 182 Å². The van der Waals surface area contributed by atoms with Crippen LogP contribution in [0.5, 0.6) is 5.75 Å². The van der Waals surface area contributed by atoms with Crippen LogP contribution in [-0.4, -0.2) is 18.7 Å². The van der Waals surface area contributed by atoms with Gasteiger partial charge in [0.05, 0.1) is 0 Å². The zero-order chi connectivity index (χ0) is 23.5. The third-order valence-electron chi connectivity index (χ3n) is 6.13. The molecule has 3 rings (SSSR count). The number of hydrogen-bond acceptors (Lipinski definition) is 1. The summed E-state index contributed by atoms with van der Waals surface area (Å²) >= 11 is 0. The average Bonchev–Trinajstić information content (AvgIpc) is 2.72. The minimum atomic E-state index is -4.73. The number of rotatable bonds is 7. The zero-order valence-corrected chi connectivity index (χ0v) is 17.6. The average molecular weight is 462 g/mol. The molecule has 1 fully saturated rings. The molecule has 1 saturated carbocycles. The Hall–Kier alpha value is -2.25. The third-order valence-corrected chi connectivity index (χ3v) is 6.13. The molecule has 1 nitrogen and oxygen atoms in total. The van der Waals surface area contributed by atoms with Gasteiger partial charge < -0.3 is 4.74 Å². The smallest absolute Gasteiger partial charge is 0.422 e. The number of halogens is 7. The van der Waals surface area contributed by atoms with Gasteiger partial charge in [-0.3, -0.25) is 0 Å². The lowest BCUT2D eigenvalue weighted by molar-refractivity contribution is -0.154. The predicted octanol–water partition coefficient (Wildman–Crippen LogP) is 7.97. The first kappa shape index (κ1) is 24.4. The van der Waals surface area contributed by atoms with E-state index in [1.54, 1.807) is 0 Å². The molecule has 0 atom stereocenters. The molecule has 176 valence electrons. The first-order chi connectivity index (χ1) is 15.0. The summed E-state index contributed by atoms with van der Waals surface area (Å²) in [5.41, 5.74) is 0.818. The Balaban J connectivity index is 1.69. The highest BCUT2D eigenvalue weighted by molar-refractivity contribution is 5.65. The van der Waals surface area contributed by atoms with Crippen LogP contribution in [0.25, 0.3) is 11.1 Å². The normalized spacial score (nSPS) is 19.8. The quantitative estimate of drug-likeness (QED) is 0.379. The molecule has 1 aliphatic carbocycles. The standard InChI is InChI=1S/C24H25F7O/c1-2-15-5-9-19(10-6-15)23(27,28)13-16-3-7-17(8-4-16)18-11-20(25)22(21(26)12-18)32-14-24(29,30)31/h3-4,7-8,11-12,15,19H,2,5-6,9-10,13-14H2,1H3. The van der Waals surface area contributed by atoms with Gasteiger partial charge in [0.2, 0.25) is 0 Å². The van der Waals surface area contributed by atoms with Gasteiger partial charge in [0.25, 0.3) is 5.92 Å². The van der Waals surface area contributed by atoms with Crippen molar-refractivity contribution < 1.29 is 35.5 Å². The number of alkyl halides is 5. The summed E-state index contributed by atoms with van der Waals surface area (Å²) in [6, 6.07) is 7.58. The monoisotopic (exact) mass is 462 g/mol.